The Morgan fingerprint density at radius 3 is 2.32 bits per heavy atom. The van der Waals surface area contributed by atoms with Gasteiger partial charge in [-0.15, -0.1) is 0 Å². The largest absolute Gasteiger partial charge is 0.418 e. The smallest absolute Gasteiger partial charge is 0.402 e. The Hall–Kier alpha value is -1.62. The first-order valence-corrected chi connectivity index (χ1v) is 16.2. The highest BCUT2D eigenvalue weighted by atomic mass is 35.5. The molecule has 2 aliphatic rings. The predicted molar refractivity (Wildman–Crippen MR) is 126 cm³/mol. The van der Waals surface area contributed by atoms with Crippen molar-refractivity contribution in [3.05, 3.63) is 58.4 Å². The molecule has 4 rings (SSSR count). The zero-order valence-corrected chi connectivity index (χ0v) is 21.8. The molecule has 4 nitrogen and oxygen atoms in total. The highest BCUT2D eigenvalue weighted by Crippen LogP contribution is 2.59. The van der Waals surface area contributed by atoms with E-state index in [1.165, 1.54) is 12.1 Å². The lowest BCUT2D eigenvalue weighted by Gasteiger charge is -2.51. The van der Waals surface area contributed by atoms with Gasteiger partial charge in [-0.05, 0) is 75.7 Å². The Labute approximate surface area is 203 Å². The first-order chi connectivity index (χ1) is 15.6. The molecule has 1 fully saturated rings. The van der Waals surface area contributed by atoms with Gasteiger partial charge in [0.15, 0.2) is 13.9 Å². The summed E-state index contributed by atoms with van der Waals surface area (Å²) in [5.41, 5.74) is -1.76. The van der Waals surface area contributed by atoms with Crippen LogP contribution in [0.25, 0.3) is 0 Å². The van der Waals surface area contributed by atoms with Crippen LogP contribution in [-0.2, 0) is 14.4 Å². The van der Waals surface area contributed by atoms with Crippen LogP contribution in [-0.4, -0.2) is 34.6 Å². The van der Waals surface area contributed by atoms with E-state index in [9.17, 15) is 26.0 Å². The first-order valence-electron chi connectivity index (χ1n) is 11.0. The summed E-state index contributed by atoms with van der Waals surface area (Å²) in [6.07, 6.45) is -4.81. The summed E-state index contributed by atoms with van der Waals surface area (Å²) >= 11 is 6.00. The minimum absolute atomic E-state index is 0.0309. The maximum absolute atomic E-state index is 14.9. The molecule has 0 aromatic heterocycles. The summed E-state index contributed by atoms with van der Waals surface area (Å²) in [5.74, 6) is -1.70. The predicted octanol–water partition coefficient (Wildman–Crippen LogP) is 6.79. The highest BCUT2D eigenvalue weighted by Gasteiger charge is 2.69. The topological polar surface area (TPSA) is 46.6 Å². The van der Waals surface area contributed by atoms with Gasteiger partial charge in [0.1, 0.15) is 5.82 Å². The van der Waals surface area contributed by atoms with E-state index in [1.54, 1.807) is 38.7 Å². The second-order valence-electron chi connectivity index (χ2n) is 9.98. The van der Waals surface area contributed by atoms with Gasteiger partial charge in [-0.3, -0.25) is 4.31 Å². The van der Waals surface area contributed by atoms with E-state index in [-0.39, 0.29) is 40.4 Å². The molecule has 34 heavy (non-hydrogen) atoms. The summed E-state index contributed by atoms with van der Waals surface area (Å²) in [5, 5.41) is -0.356. The number of halogens is 5. The van der Waals surface area contributed by atoms with E-state index in [1.807, 2.05) is 0 Å². The number of alkyl halides is 3. The number of anilines is 1. The zero-order chi connectivity index (χ0) is 25.3. The van der Waals surface area contributed by atoms with Crippen LogP contribution in [0.2, 0.25) is 24.7 Å². The maximum atomic E-state index is 14.9. The molecule has 0 N–H and O–H groups in total. The number of hydrogen-bond donors (Lipinski definition) is 0. The van der Waals surface area contributed by atoms with E-state index < -0.39 is 47.9 Å². The minimum Gasteiger partial charge on any atom is -0.402 e. The van der Waals surface area contributed by atoms with Gasteiger partial charge in [0, 0.05) is 5.92 Å². The Morgan fingerprint density at radius 1 is 1.15 bits per heavy atom. The lowest BCUT2D eigenvalue weighted by atomic mass is 9.72. The molecule has 3 atom stereocenters. The third-order valence-corrected chi connectivity index (χ3v) is 9.50. The van der Waals surface area contributed by atoms with Crippen LogP contribution in [0, 0.1) is 12.7 Å². The summed E-state index contributed by atoms with van der Waals surface area (Å²) in [6.45, 7) is 6.70. The van der Waals surface area contributed by atoms with Crippen LogP contribution in [0.5, 0.6) is 0 Å². The summed E-state index contributed by atoms with van der Waals surface area (Å²) < 4.78 is 93.8. The number of aryl methyl sites for hydroxylation is 1. The molecule has 1 aliphatic carbocycles. The Morgan fingerprint density at radius 2 is 1.76 bits per heavy atom. The molecule has 2 aromatic carbocycles. The van der Waals surface area contributed by atoms with Crippen molar-refractivity contribution < 1.29 is 30.4 Å². The lowest BCUT2D eigenvalue weighted by Crippen LogP contribution is -2.67. The van der Waals surface area contributed by atoms with Gasteiger partial charge in [-0.1, -0.05) is 29.3 Å². The van der Waals surface area contributed by atoms with Crippen LogP contribution >= 0.6 is 11.6 Å². The number of fused-ring (bicyclic) bond motifs is 3. The van der Waals surface area contributed by atoms with Crippen LogP contribution in [0.15, 0.2) is 41.3 Å². The van der Waals surface area contributed by atoms with Crippen LogP contribution in [0.3, 0.4) is 0 Å². The molecule has 186 valence electrons. The van der Waals surface area contributed by atoms with Crippen molar-refractivity contribution in [2.75, 3.05) is 4.31 Å². The molecule has 1 aliphatic heterocycles. The van der Waals surface area contributed by atoms with E-state index in [0.29, 0.717) is 0 Å². The second-order valence-corrected chi connectivity index (χ2v) is 16.6. The SMILES string of the molecule is Cc1ccc(S(=O)(=O)N2c3cc(Cl)c(F)cc3C3CCCC(O[Si](C)(C)C)(C(F)(F)F)C32)cc1. The number of benzene rings is 2. The molecule has 11 heteroatoms. The third kappa shape index (κ3) is 4.06. The summed E-state index contributed by atoms with van der Waals surface area (Å²) in [6, 6.07) is 6.45. The average Bonchev–Trinajstić information content (AvgIpc) is 3.02. The van der Waals surface area contributed by atoms with Crippen molar-refractivity contribution in [2.45, 2.75) is 74.5 Å². The van der Waals surface area contributed by atoms with Gasteiger partial charge in [0.2, 0.25) is 0 Å². The molecule has 0 saturated heterocycles. The van der Waals surface area contributed by atoms with Gasteiger partial charge in [-0.25, -0.2) is 12.8 Å². The van der Waals surface area contributed by atoms with E-state index >= 15 is 0 Å². The molecule has 0 spiro atoms. The van der Waals surface area contributed by atoms with Gasteiger partial charge in [0.05, 0.1) is 21.6 Å². The van der Waals surface area contributed by atoms with Gasteiger partial charge < -0.3 is 4.43 Å². The van der Waals surface area contributed by atoms with Crippen molar-refractivity contribution in [3.63, 3.8) is 0 Å². The number of sulfonamides is 1. The Kier molecular flexibility index (Phi) is 6.15. The fourth-order valence-electron chi connectivity index (χ4n) is 5.21. The van der Waals surface area contributed by atoms with Crippen molar-refractivity contribution in [1.82, 2.24) is 0 Å². The van der Waals surface area contributed by atoms with Crippen LogP contribution in [0.1, 0.15) is 36.3 Å². The van der Waals surface area contributed by atoms with Gasteiger partial charge in [0.25, 0.3) is 10.0 Å². The number of nitrogens with zero attached hydrogens (tertiary/aromatic N) is 1. The van der Waals surface area contributed by atoms with E-state index in [2.05, 4.69) is 0 Å². The Bertz CT molecular complexity index is 1210. The van der Waals surface area contributed by atoms with Crippen LogP contribution < -0.4 is 4.31 Å². The lowest BCUT2D eigenvalue weighted by molar-refractivity contribution is -0.267. The summed E-state index contributed by atoms with van der Waals surface area (Å²) in [7, 11) is -7.30. The van der Waals surface area contributed by atoms with Crippen molar-refractivity contribution in [2.24, 2.45) is 0 Å². The standard InChI is InChI=1S/C23H26ClF4NO3SSi/c1-14-7-9-15(10-8-14)33(30,31)29-20-13-18(24)19(25)12-17(20)16-6-5-11-22(21(16)29,23(26,27)28)32-34(2,3)4/h7-10,12-13,16,21H,5-6,11H2,1-4H3. The van der Waals surface area contributed by atoms with E-state index in [4.69, 9.17) is 16.0 Å². The van der Waals surface area contributed by atoms with Gasteiger partial charge >= 0.3 is 6.18 Å². The molecule has 0 bridgehead atoms. The minimum atomic E-state index is -4.86. The van der Waals surface area contributed by atoms with Gasteiger partial charge in [-0.2, -0.15) is 13.2 Å². The number of hydrogen-bond acceptors (Lipinski definition) is 3. The quantitative estimate of drug-likeness (QED) is 0.320. The second kappa shape index (κ2) is 8.21. The van der Waals surface area contributed by atoms with Crippen molar-refractivity contribution >= 4 is 35.6 Å². The monoisotopic (exact) mass is 535 g/mol. The molecular weight excluding hydrogens is 510 g/mol. The molecule has 1 heterocycles. The van der Waals surface area contributed by atoms with Crippen LogP contribution in [0.4, 0.5) is 23.2 Å². The highest BCUT2D eigenvalue weighted by molar-refractivity contribution is 7.93. The first kappa shape index (κ1) is 25.5. The normalized spacial score (nSPS) is 25.3. The fraction of sp³-hybridized carbons (Fsp3) is 0.478. The average molecular weight is 536 g/mol. The fourth-order valence-corrected chi connectivity index (χ4v) is 8.54. The number of rotatable bonds is 4. The Balaban J connectivity index is 2.02. The van der Waals surface area contributed by atoms with Crippen molar-refractivity contribution in [3.8, 4) is 0 Å². The molecule has 0 amide bonds. The molecule has 1 saturated carbocycles. The van der Waals surface area contributed by atoms with Crippen molar-refractivity contribution in [1.29, 1.82) is 0 Å². The molecular formula is C23H26ClF4NO3SSi. The third-order valence-electron chi connectivity index (χ3n) is 6.43. The maximum Gasteiger partial charge on any atom is 0.418 e. The summed E-state index contributed by atoms with van der Waals surface area (Å²) in [4.78, 5) is -0.153. The van der Waals surface area contributed by atoms with E-state index in [0.717, 1.165) is 22.0 Å². The molecule has 2 aromatic rings. The molecule has 0 radical (unpaired) electrons. The molecule has 3 unspecified atom stereocenters. The zero-order valence-electron chi connectivity index (χ0n) is 19.2.